The third kappa shape index (κ3) is 3.16. The van der Waals surface area contributed by atoms with Crippen LogP contribution in [0.15, 0.2) is 24.3 Å². The molecule has 0 fully saturated rings. The molecule has 0 spiro atoms. The van der Waals surface area contributed by atoms with Crippen molar-refractivity contribution in [3.05, 3.63) is 45.5 Å². The van der Waals surface area contributed by atoms with Crippen LogP contribution in [0.25, 0.3) is 0 Å². The topological polar surface area (TPSA) is 63.4 Å². The quantitative estimate of drug-likeness (QED) is 0.660. The number of nitro groups is 1. The summed E-state index contributed by atoms with van der Waals surface area (Å²) in [6.07, 6.45) is -5.88. The summed E-state index contributed by atoms with van der Waals surface area (Å²) in [5.74, 6) is 0. The summed E-state index contributed by atoms with van der Waals surface area (Å²) in [4.78, 5) is 9.71. The van der Waals surface area contributed by atoms with E-state index in [1.807, 2.05) is 0 Å². The number of halogens is 3. The standard InChI is InChI=1S/C10H10F3NO3/c1-6(14(16)17)9(15)7-2-4-8(5-3-7)10(11,12)13/h2-6,9,15H,1H3. The number of hydrogen-bond acceptors (Lipinski definition) is 3. The van der Waals surface area contributed by atoms with Gasteiger partial charge >= 0.3 is 6.18 Å². The molecule has 2 atom stereocenters. The predicted molar refractivity (Wildman–Crippen MR) is 52.9 cm³/mol. The van der Waals surface area contributed by atoms with Gasteiger partial charge in [-0.1, -0.05) is 12.1 Å². The van der Waals surface area contributed by atoms with E-state index in [1.165, 1.54) is 6.92 Å². The maximum atomic E-state index is 12.2. The van der Waals surface area contributed by atoms with Gasteiger partial charge in [0.2, 0.25) is 6.04 Å². The number of nitrogens with zero attached hydrogens (tertiary/aromatic N) is 1. The van der Waals surface area contributed by atoms with E-state index >= 15 is 0 Å². The highest BCUT2D eigenvalue weighted by atomic mass is 19.4. The van der Waals surface area contributed by atoms with Gasteiger partial charge in [0.15, 0.2) is 0 Å². The molecule has 0 aliphatic carbocycles. The van der Waals surface area contributed by atoms with Crippen molar-refractivity contribution in [1.29, 1.82) is 0 Å². The van der Waals surface area contributed by atoms with E-state index in [1.54, 1.807) is 0 Å². The summed E-state index contributed by atoms with van der Waals surface area (Å²) in [5.41, 5.74) is -0.774. The first kappa shape index (κ1) is 13.4. The van der Waals surface area contributed by atoms with E-state index < -0.39 is 28.8 Å². The van der Waals surface area contributed by atoms with Crippen molar-refractivity contribution in [3.63, 3.8) is 0 Å². The van der Waals surface area contributed by atoms with E-state index in [9.17, 15) is 28.4 Å². The van der Waals surface area contributed by atoms with Gasteiger partial charge in [-0.05, 0) is 17.7 Å². The lowest BCUT2D eigenvalue weighted by molar-refractivity contribution is -0.531. The lowest BCUT2D eigenvalue weighted by Crippen LogP contribution is -2.24. The lowest BCUT2D eigenvalue weighted by atomic mass is 10.0. The van der Waals surface area contributed by atoms with Crippen molar-refractivity contribution in [2.45, 2.75) is 25.2 Å². The molecule has 0 aromatic heterocycles. The summed E-state index contributed by atoms with van der Waals surface area (Å²) in [5, 5.41) is 19.9. The molecular weight excluding hydrogens is 239 g/mol. The molecule has 0 amide bonds. The molecule has 1 rings (SSSR count). The maximum Gasteiger partial charge on any atom is 0.416 e. The fourth-order valence-corrected chi connectivity index (χ4v) is 1.26. The third-order valence-corrected chi connectivity index (χ3v) is 2.37. The Balaban J connectivity index is 2.92. The molecule has 0 bridgehead atoms. The van der Waals surface area contributed by atoms with Gasteiger partial charge in [-0.3, -0.25) is 10.1 Å². The summed E-state index contributed by atoms with van der Waals surface area (Å²) in [6.45, 7) is 1.18. The Morgan fingerprint density at radius 2 is 1.76 bits per heavy atom. The van der Waals surface area contributed by atoms with E-state index in [0.717, 1.165) is 24.3 Å². The zero-order valence-electron chi connectivity index (χ0n) is 8.81. The van der Waals surface area contributed by atoms with Crippen LogP contribution in [0.2, 0.25) is 0 Å². The Kier molecular flexibility index (Phi) is 3.72. The van der Waals surface area contributed by atoms with Gasteiger partial charge in [0, 0.05) is 11.8 Å². The fourth-order valence-electron chi connectivity index (χ4n) is 1.26. The van der Waals surface area contributed by atoms with E-state index in [0.29, 0.717) is 0 Å². The molecule has 7 heteroatoms. The van der Waals surface area contributed by atoms with Gasteiger partial charge in [-0.2, -0.15) is 13.2 Å². The molecule has 0 aliphatic rings. The molecule has 1 aromatic carbocycles. The summed E-state index contributed by atoms with van der Waals surface area (Å²) >= 11 is 0. The normalized spacial score (nSPS) is 15.4. The summed E-state index contributed by atoms with van der Waals surface area (Å²) in [6, 6.07) is 2.36. The largest absolute Gasteiger partial charge is 0.416 e. The molecule has 94 valence electrons. The Labute approximate surface area is 94.8 Å². The number of aliphatic hydroxyl groups excluding tert-OH is 1. The molecule has 0 radical (unpaired) electrons. The van der Waals surface area contributed by atoms with Crippen molar-refractivity contribution >= 4 is 0 Å². The minimum absolute atomic E-state index is 0.0854. The van der Waals surface area contributed by atoms with Gasteiger partial charge < -0.3 is 5.11 Å². The number of alkyl halides is 3. The second kappa shape index (κ2) is 4.70. The predicted octanol–water partition coefficient (Wildman–Crippen LogP) is 2.40. The Morgan fingerprint density at radius 1 is 1.29 bits per heavy atom. The van der Waals surface area contributed by atoms with Crippen molar-refractivity contribution < 1.29 is 23.2 Å². The highest BCUT2D eigenvalue weighted by Gasteiger charge is 2.31. The van der Waals surface area contributed by atoms with Crippen LogP contribution in [0.1, 0.15) is 24.2 Å². The summed E-state index contributed by atoms with van der Waals surface area (Å²) < 4.78 is 36.7. The molecule has 1 N–H and O–H groups in total. The van der Waals surface area contributed by atoms with E-state index in [4.69, 9.17) is 0 Å². The van der Waals surface area contributed by atoms with Crippen LogP contribution in [-0.4, -0.2) is 16.1 Å². The molecular formula is C10H10F3NO3. The molecule has 4 nitrogen and oxygen atoms in total. The van der Waals surface area contributed by atoms with Crippen LogP contribution >= 0.6 is 0 Å². The van der Waals surface area contributed by atoms with Gasteiger partial charge in [0.05, 0.1) is 5.56 Å². The van der Waals surface area contributed by atoms with E-state index in [2.05, 4.69) is 0 Å². The SMILES string of the molecule is CC(C(O)c1ccc(C(F)(F)F)cc1)[N+](=O)[O-]. The average molecular weight is 249 g/mol. The first-order valence-electron chi connectivity index (χ1n) is 4.72. The maximum absolute atomic E-state index is 12.2. The zero-order valence-corrected chi connectivity index (χ0v) is 8.81. The van der Waals surface area contributed by atoms with Gasteiger partial charge in [0.1, 0.15) is 6.10 Å². The molecule has 0 heterocycles. The van der Waals surface area contributed by atoms with Crippen LogP contribution in [0.4, 0.5) is 13.2 Å². The van der Waals surface area contributed by atoms with Crippen molar-refractivity contribution in [2.75, 3.05) is 0 Å². The zero-order chi connectivity index (χ0) is 13.2. The van der Waals surface area contributed by atoms with Crippen LogP contribution in [-0.2, 0) is 6.18 Å². The average Bonchev–Trinajstić information content (AvgIpc) is 2.26. The Morgan fingerprint density at radius 3 is 2.12 bits per heavy atom. The molecule has 0 saturated heterocycles. The molecule has 17 heavy (non-hydrogen) atoms. The smallest absolute Gasteiger partial charge is 0.381 e. The second-order valence-corrected chi connectivity index (χ2v) is 3.59. The Bertz CT molecular complexity index is 402. The molecule has 0 saturated carbocycles. The molecule has 1 aromatic rings. The highest BCUT2D eigenvalue weighted by molar-refractivity contribution is 5.26. The minimum Gasteiger partial charge on any atom is -0.381 e. The fraction of sp³-hybridized carbons (Fsp3) is 0.400. The monoisotopic (exact) mass is 249 g/mol. The Hall–Kier alpha value is -1.63. The van der Waals surface area contributed by atoms with Crippen molar-refractivity contribution in [3.8, 4) is 0 Å². The van der Waals surface area contributed by atoms with Crippen molar-refractivity contribution in [1.82, 2.24) is 0 Å². The molecule has 0 aliphatic heterocycles. The second-order valence-electron chi connectivity index (χ2n) is 3.59. The van der Waals surface area contributed by atoms with Crippen LogP contribution in [0.5, 0.6) is 0 Å². The van der Waals surface area contributed by atoms with Crippen LogP contribution in [0, 0.1) is 10.1 Å². The van der Waals surface area contributed by atoms with Gasteiger partial charge in [-0.15, -0.1) is 0 Å². The lowest BCUT2D eigenvalue weighted by Gasteiger charge is -2.13. The first-order chi connectivity index (χ1) is 7.73. The number of hydrogen-bond donors (Lipinski definition) is 1. The number of benzene rings is 1. The molecule has 2 unspecified atom stereocenters. The van der Waals surface area contributed by atoms with Gasteiger partial charge in [0.25, 0.3) is 0 Å². The van der Waals surface area contributed by atoms with Crippen LogP contribution < -0.4 is 0 Å². The first-order valence-corrected chi connectivity index (χ1v) is 4.72. The highest BCUT2D eigenvalue weighted by Crippen LogP contribution is 2.30. The van der Waals surface area contributed by atoms with Gasteiger partial charge in [-0.25, -0.2) is 0 Å². The summed E-state index contributed by atoms with van der Waals surface area (Å²) in [7, 11) is 0. The third-order valence-electron chi connectivity index (χ3n) is 2.37. The van der Waals surface area contributed by atoms with Crippen LogP contribution in [0.3, 0.4) is 0 Å². The van der Waals surface area contributed by atoms with E-state index in [-0.39, 0.29) is 5.56 Å². The minimum atomic E-state index is -4.46. The number of aliphatic hydroxyl groups is 1. The van der Waals surface area contributed by atoms with Crippen molar-refractivity contribution in [2.24, 2.45) is 0 Å². The number of rotatable bonds is 3.